The number of carbonyl (C=O) groups is 2. The van der Waals surface area contributed by atoms with Crippen LogP contribution in [-0.4, -0.2) is 48.7 Å². The predicted molar refractivity (Wildman–Crippen MR) is 91.1 cm³/mol. The van der Waals surface area contributed by atoms with Gasteiger partial charge >= 0.3 is 5.97 Å². The molecule has 1 saturated heterocycles. The van der Waals surface area contributed by atoms with Crippen LogP contribution < -0.4 is 0 Å². The third-order valence-electron chi connectivity index (χ3n) is 4.61. The monoisotopic (exact) mass is 395 g/mol. The topological polar surface area (TPSA) is 80.0 Å². The molecule has 2 aromatic rings. The molecule has 1 N–H and O–H groups in total. The lowest BCUT2D eigenvalue weighted by Crippen LogP contribution is -2.40. The summed E-state index contributed by atoms with van der Waals surface area (Å²) >= 11 is 3.41. The maximum Gasteiger partial charge on any atom is 0.313 e. The summed E-state index contributed by atoms with van der Waals surface area (Å²) in [5.74, 6) is -0.953. The summed E-state index contributed by atoms with van der Waals surface area (Å²) in [5, 5.41) is 10.4. The van der Waals surface area contributed by atoms with Crippen LogP contribution in [0, 0.1) is 12.3 Å². The second kappa shape index (κ2) is 6.22. The fourth-order valence-corrected chi connectivity index (χ4v) is 3.58. The van der Waals surface area contributed by atoms with Gasteiger partial charge in [-0.25, -0.2) is 0 Å². The van der Waals surface area contributed by atoms with Gasteiger partial charge in [0.2, 0.25) is 0 Å². The summed E-state index contributed by atoms with van der Waals surface area (Å²) in [5.41, 5.74) is 0.350. The van der Waals surface area contributed by atoms with Gasteiger partial charge in [-0.05, 0) is 31.5 Å². The number of carbonyl (C=O) groups excluding carboxylic acids is 1. The van der Waals surface area contributed by atoms with Crippen LogP contribution in [0.2, 0.25) is 0 Å². The van der Waals surface area contributed by atoms with E-state index in [0.717, 1.165) is 15.4 Å². The molecule has 1 fully saturated rings. The highest BCUT2D eigenvalue weighted by atomic mass is 79.9. The van der Waals surface area contributed by atoms with E-state index in [1.165, 1.54) is 12.0 Å². The molecule has 7 heteroatoms. The third-order valence-corrected chi connectivity index (χ3v) is 5.10. The number of carboxylic acids is 1. The average molecular weight is 396 g/mol. The van der Waals surface area contributed by atoms with Gasteiger partial charge in [0, 0.05) is 35.6 Å². The lowest BCUT2D eigenvalue weighted by atomic mass is 9.88. The smallest absolute Gasteiger partial charge is 0.313 e. The highest BCUT2D eigenvalue weighted by Crippen LogP contribution is 2.34. The lowest BCUT2D eigenvalue weighted by molar-refractivity contribution is -0.151. The van der Waals surface area contributed by atoms with E-state index < -0.39 is 11.4 Å². The number of hydrogen-bond donors (Lipinski definition) is 1. The second-order valence-electron chi connectivity index (χ2n) is 6.19. The number of likely N-dealkylation sites (tertiary alicyclic amines) is 1. The highest BCUT2D eigenvalue weighted by Gasteiger charge is 2.47. The number of benzene rings is 1. The number of methoxy groups -OCH3 is 1. The van der Waals surface area contributed by atoms with Crippen molar-refractivity contribution in [3.8, 4) is 0 Å². The molecule has 1 amide bonds. The molecule has 0 radical (unpaired) electrons. The molecule has 128 valence electrons. The SMILES string of the molecule is COCC1(C(=O)O)CCN(C(=O)c2oc3ccc(Br)cc3c2C)C1. The minimum absolute atomic E-state index is 0.0815. The molecule has 1 aliphatic heterocycles. The molecule has 1 unspecified atom stereocenters. The fraction of sp³-hybridized carbons (Fsp3) is 0.412. The summed E-state index contributed by atoms with van der Waals surface area (Å²) in [6.45, 7) is 2.41. The van der Waals surface area contributed by atoms with Gasteiger partial charge in [-0.2, -0.15) is 0 Å². The fourth-order valence-electron chi connectivity index (χ4n) is 3.22. The Morgan fingerprint density at radius 3 is 2.88 bits per heavy atom. The van der Waals surface area contributed by atoms with Crippen molar-refractivity contribution in [2.45, 2.75) is 13.3 Å². The van der Waals surface area contributed by atoms with Crippen LogP contribution in [0.4, 0.5) is 0 Å². The van der Waals surface area contributed by atoms with Crippen molar-refractivity contribution in [1.82, 2.24) is 4.90 Å². The average Bonchev–Trinajstić information content (AvgIpc) is 3.11. The van der Waals surface area contributed by atoms with E-state index in [-0.39, 0.29) is 24.8 Å². The van der Waals surface area contributed by atoms with Gasteiger partial charge < -0.3 is 19.2 Å². The summed E-state index contributed by atoms with van der Waals surface area (Å²) in [4.78, 5) is 26.0. The van der Waals surface area contributed by atoms with Gasteiger partial charge in [0.05, 0.1) is 6.61 Å². The number of rotatable bonds is 4. The van der Waals surface area contributed by atoms with E-state index in [1.807, 2.05) is 19.1 Å². The van der Waals surface area contributed by atoms with E-state index >= 15 is 0 Å². The highest BCUT2D eigenvalue weighted by molar-refractivity contribution is 9.10. The molecule has 1 aromatic heterocycles. The van der Waals surface area contributed by atoms with Crippen LogP contribution in [0.1, 0.15) is 22.5 Å². The molecule has 1 aromatic carbocycles. The summed E-state index contributed by atoms with van der Waals surface area (Å²) in [7, 11) is 1.47. The number of carboxylic acid groups (broad SMARTS) is 1. The van der Waals surface area contributed by atoms with Crippen molar-refractivity contribution >= 4 is 38.8 Å². The van der Waals surface area contributed by atoms with Crippen LogP contribution in [0.5, 0.6) is 0 Å². The van der Waals surface area contributed by atoms with Gasteiger partial charge in [0.25, 0.3) is 5.91 Å². The first-order chi connectivity index (χ1) is 11.4. The zero-order valence-corrected chi connectivity index (χ0v) is 15.1. The Bertz CT molecular complexity index is 815. The Balaban J connectivity index is 1.90. The van der Waals surface area contributed by atoms with Crippen molar-refractivity contribution in [2.75, 3.05) is 26.8 Å². The quantitative estimate of drug-likeness (QED) is 0.860. The molecule has 0 aliphatic carbocycles. The first-order valence-corrected chi connectivity index (χ1v) is 8.37. The van der Waals surface area contributed by atoms with Gasteiger partial charge in [-0.1, -0.05) is 15.9 Å². The Morgan fingerprint density at radius 2 is 2.21 bits per heavy atom. The lowest BCUT2D eigenvalue weighted by Gasteiger charge is -2.23. The minimum Gasteiger partial charge on any atom is -0.481 e. The summed E-state index contributed by atoms with van der Waals surface area (Å²) in [6.07, 6.45) is 0.368. The Kier molecular flexibility index (Phi) is 4.40. The first-order valence-electron chi connectivity index (χ1n) is 7.58. The second-order valence-corrected chi connectivity index (χ2v) is 7.11. The zero-order valence-electron chi connectivity index (χ0n) is 13.5. The molecule has 1 aliphatic rings. The number of ether oxygens (including phenoxy) is 1. The van der Waals surface area contributed by atoms with Gasteiger partial charge in [-0.3, -0.25) is 9.59 Å². The van der Waals surface area contributed by atoms with Crippen LogP contribution in [0.15, 0.2) is 27.1 Å². The Labute approximate surface area is 147 Å². The summed E-state index contributed by atoms with van der Waals surface area (Å²) < 4.78 is 11.7. The third kappa shape index (κ3) is 2.71. The van der Waals surface area contributed by atoms with E-state index in [1.54, 1.807) is 6.07 Å². The number of hydrogen-bond acceptors (Lipinski definition) is 4. The van der Waals surface area contributed by atoms with E-state index in [2.05, 4.69) is 15.9 Å². The number of fused-ring (bicyclic) bond motifs is 1. The molecule has 0 bridgehead atoms. The van der Waals surface area contributed by atoms with Crippen LogP contribution in [0.3, 0.4) is 0 Å². The molecule has 0 saturated carbocycles. The number of halogens is 1. The molecular weight excluding hydrogens is 378 g/mol. The normalized spacial score (nSPS) is 20.7. The molecule has 2 heterocycles. The van der Waals surface area contributed by atoms with Gasteiger partial charge in [0.15, 0.2) is 5.76 Å². The molecule has 1 atom stereocenters. The predicted octanol–water partition coefficient (Wildman–Crippen LogP) is 3.07. The van der Waals surface area contributed by atoms with Crippen molar-refractivity contribution < 1.29 is 23.8 Å². The number of aliphatic carboxylic acids is 1. The molecule has 3 rings (SSSR count). The number of nitrogens with zero attached hydrogens (tertiary/aromatic N) is 1. The molecule has 0 spiro atoms. The van der Waals surface area contributed by atoms with Gasteiger partial charge in [-0.15, -0.1) is 0 Å². The van der Waals surface area contributed by atoms with Crippen molar-refractivity contribution in [2.24, 2.45) is 5.41 Å². The largest absolute Gasteiger partial charge is 0.481 e. The maximum absolute atomic E-state index is 12.8. The van der Waals surface area contributed by atoms with E-state index in [9.17, 15) is 14.7 Å². The van der Waals surface area contributed by atoms with Crippen molar-refractivity contribution in [3.05, 3.63) is 34.0 Å². The van der Waals surface area contributed by atoms with Crippen LogP contribution in [0.25, 0.3) is 11.0 Å². The number of amides is 1. The van der Waals surface area contributed by atoms with E-state index in [4.69, 9.17) is 9.15 Å². The Morgan fingerprint density at radius 1 is 1.46 bits per heavy atom. The standard InChI is InChI=1S/C17H18BrNO5/c1-10-12-7-11(18)3-4-13(12)24-14(10)15(20)19-6-5-17(8-19,9-23-2)16(21)22/h3-4,7H,5-6,8-9H2,1-2H3,(H,21,22). The number of furan rings is 1. The molecule has 6 nitrogen and oxygen atoms in total. The Hall–Kier alpha value is -1.86. The molecule has 24 heavy (non-hydrogen) atoms. The first kappa shape index (κ1) is 17.0. The van der Waals surface area contributed by atoms with E-state index in [0.29, 0.717) is 18.5 Å². The van der Waals surface area contributed by atoms with Crippen molar-refractivity contribution in [3.63, 3.8) is 0 Å². The maximum atomic E-state index is 12.8. The molecular formula is C17H18BrNO5. The zero-order chi connectivity index (χ0) is 17.5. The summed E-state index contributed by atoms with van der Waals surface area (Å²) in [6, 6.07) is 5.56. The number of aryl methyl sites for hydroxylation is 1. The van der Waals surface area contributed by atoms with Crippen molar-refractivity contribution in [1.29, 1.82) is 0 Å². The minimum atomic E-state index is -1.05. The van der Waals surface area contributed by atoms with Crippen LogP contribution in [-0.2, 0) is 9.53 Å². The van der Waals surface area contributed by atoms with Crippen LogP contribution >= 0.6 is 15.9 Å². The van der Waals surface area contributed by atoms with Gasteiger partial charge in [0.1, 0.15) is 11.0 Å².